The van der Waals surface area contributed by atoms with Crippen LogP contribution < -0.4 is 0 Å². The fraction of sp³-hybridized carbons (Fsp3) is 0.100. The molecule has 1 aliphatic rings. The number of aryl methyl sites for hydroxylation is 2. The van der Waals surface area contributed by atoms with Gasteiger partial charge in [-0.3, -0.25) is 0 Å². The van der Waals surface area contributed by atoms with E-state index in [4.69, 9.17) is 11.6 Å². The molecule has 1 N–H and O–H groups in total. The van der Waals surface area contributed by atoms with E-state index >= 15 is 0 Å². The van der Waals surface area contributed by atoms with Crippen LogP contribution >= 0.6 is 11.6 Å². The first-order valence-corrected chi connectivity index (χ1v) is 7.99. The lowest BCUT2D eigenvalue weighted by Gasteiger charge is -2.03. The Labute approximate surface area is 133 Å². The summed E-state index contributed by atoms with van der Waals surface area (Å²) in [4.78, 5) is 3.61. The molecule has 4 aromatic rings. The van der Waals surface area contributed by atoms with Crippen LogP contribution in [-0.4, -0.2) is 4.98 Å². The van der Waals surface area contributed by atoms with Crippen molar-refractivity contribution in [1.29, 1.82) is 0 Å². The average Bonchev–Trinajstić information content (AvgIpc) is 3.14. The van der Waals surface area contributed by atoms with E-state index in [-0.39, 0.29) is 0 Å². The highest BCUT2D eigenvalue weighted by Crippen LogP contribution is 2.37. The van der Waals surface area contributed by atoms with Gasteiger partial charge in [0, 0.05) is 21.5 Å². The van der Waals surface area contributed by atoms with Crippen LogP contribution in [0, 0.1) is 0 Å². The second-order valence-electron chi connectivity index (χ2n) is 6.03. The fourth-order valence-corrected chi connectivity index (χ4v) is 3.84. The SMILES string of the molecule is Clc1ccc(-c2cc3cc4c5c(cccc5c3[nH]2)CC4)cc1. The Balaban J connectivity index is 1.82. The molecular weight excluding hydrogens is 290 g/mol. The molecule has 1 nitrogen and oxygen atoms in total. The van der Waals surface area contributed by atoms with E-state index in [0.29, 0.717) is 0 Å². The maximum atomic E-state index is 5.99. The number of H-pyrrole nitrogens is 1. The number of rotatable bonds is 1. The summed E-state index contributed by atoms with van der Waals surface area (Å²) in [6, 6.07) is 19.3. The Morgan fingerprint density at radius 1 is 0.864 bits per heavy atom. The van der Waals surface area contributed by atoms with Gasteiger partial charge in [0.05, 0.1) is 5.52 Å². The quantitative estimate of drug-likeness (QED) is 0.461. The first-order valence-electron chi connectivity index (χ1n) is 7.62. The van der Waals surface area contributed by atoms with Gasteiger partial charge in [0.15, 0.2) is 0 Å². The van der Waals surface area contributed by atoms with E-state index in [2.05, 4.69) is 47.4 Å². The highest BCUT2D eigenvalue weighted by atomic mass is 35.5. The largest absolute Gasteiger partial charge is 0.354 e. The van der Waals surface area contributed by atoms with Crippen molar-refractivity contribution in [1.82, 2.24) is 4.98 Å². The molecule has 106 valence electrons. The van der Waals surface area contributed by atoms with Gasteiger partial charge in [-0.15, -0.1) is 0 Å². The lowest BCUT2D eigenvalue weighted by atomic mass is 10.0. The highest BCUT2D eigenvalue weighted by molar-refractivity contribution is 6.30. The van der Waals surface area contributed by atoms with Crippen LogP contribution in [0.25, 0.3) is 32.9 Å². The van der Waals surface area contributed by atoms with Crippen LogP contribution in [-0.2, 0) is 12.8 Å². The van der Waals surface area contributed by atoms with E-state index in [1.807, 2.05) is 12.1 Å². The molecule has 0 atom stereocenters. The molecule has 0 radical (unpaired) electrons. The van der Waals surface area contributed by atoms with Gasteiger partial charge in [0.2, 0.25) is 0 Å². The van der Waals surface area contributed by atoms with E-state index in [1.54, 1.807) is 0 Å². The van der Waals surface area contributed by atoms with Crippen molar-refractivity contribution in [3.8, 4) is 11.3 Å². The van der Waals surface area contributed by atoms with Crippen molar-refractivity contribution in [2.24, 2.45) is 0 Å². The minimum absolute atomic E-state index is 0.770. The van der Waals surface area contributed by atoms with Crippen molar-refractivity contribution in [3.05, 3.63) is 70.7 Å². The molecular formula is C20H14ClN. The van der Waals surface area contributed by atoms with Crippen LogP contribution in [0.1, 0.15) is 11.1 Å². The van der Waals surface area contributed by atoms with Gasteiger partial charge in [-0.25, -0.2) is 0 Å². The van der Waals surface area contributed by atoms with Gasteiger partial charge in [0.1, 0.15) is 0 Å². The Kier molecular flexibility index (Phi) is 2.45. The number of benzene rings is 3. The van der Waals surface area contributed by atoms with Crippen molar-refractivity contribution >= 4 is 33.3 Å². The van der Waals surface area contributed by atoms with Crippen LogP contribution in [0.2, 0.25) is 5.02 Å². The topological polar surface area (TPSA) is 15.8 Å². The van der Waals surface area contributed by atoms with Crippen molar-refractivity contribution in [2.75, 3.05) is 0 Å². The van der Waals surface area contributed by atoms with E-state index in [0.717, 1.165) is 17.1 Å². The molecule has 1 aliphatic carbocycles. The number of halogens is 1. The molecule has 0 saturated carbocycles. The molecule has 0 bridgehead atoms. The third-order valence-corrected chi connectivity index (χ3v) is 4.99. The van der Waals surface area contributed by atoms with E-state index < -0.39 is 0 Å². The summed E-state index contributed by atoms with van der Waals surface area (Å²) in [5, 5.41) is 4.88. The molecule has 0 saturated heterocycles. The predicted molar refractivity (Wildman–Crippen MR) is 93.7 cm³/mol. The molecule has 22 heavy (non-hydrogen) atoms. The van der Waals surface area contributed by atoms with E-state index in [1.165, 1.54) is 44.8 Å². The summed E-state index contributed by atoms with van der Waals surface area (Å²) in [5.74, 6) is 0. The van der Waals surface area contributed by atoms with Crippen LogP contribution in [0.4, 0.5) is 0 Å². The maximum absolute atomic E-state index is 5.99. The first kappa shape index (κ1) is 12.3. The fourth-order valence-electron chi connectivity index (χ4n) is 3.71. The maximum Gasteiger partial charge on any atom is 0.0538 e. The smallest absolute Gasteiger partial charge is 0.0538 e. The van der Waals surface area contributed by atoms with Gasteiger partial charge in [0.25, 0.3) is 0 Å². The molecule has 0 fully saturated rings. The summed E-state index contributed by atoms with van der Waals surface area (Å²) < 4.78 is 0. The van der Waals surface area contributed by atoms with Gasteiger partial charge in [-0.1, -0.05) is 41.9 Å². The second kappa shape index (κ2) is 4.37. The van der Waals surface area contributed by atoms with Gasteiger partial charge in [-0.05, 0) is 59.2 Å². The third-order valence-electron chi connectivity index (χ3n) is 4.74. The Hall–Kier alpha value is -2.25. The normalized spacial score (nSPS) is 13.3. The number of hydrogen-bond donors (Lipinski definition) is 1. The van der Waals surface area contributed by atoms with Crippen molar-refractivity contribution in [3.63, 3.8) is 0 Å². The first-order chi connectivity index (χ1) is 10.8. The van der Waals surface area contributed by atoms with Crippen LogP contribution in [0.5, 0.6) is 0 Å². The summed E-state index contributed by atoms with van der Waals surface area (Å²) in [7, 11) is 0. The zero-order valence-corrected chi connectivity index (χ0v) is 12.7. The molecule has 0 aliphatic heterocycles. The number of aromatic amines is 1. The summed E-state index contributed by atoms with van der Waals surface area (Å²) >= 11 is 5.99. The van der Waals surface area contributed by atoms with Crippen molar-refractivity contribution < 1.29 is 0 Å². The number of fused-ring (bicyclic) bond motifs is 2. The third kappa shape index (κ3) is 1.66. The minimum Gasteiger partial charge on any atom is -0.354 e. The number of aromatic nitrogens is 1. The Morgan fingerprint density at radius 2 is 1.68 bits per heavy atom. The summed E-state index contributed by atoms with van der Waals surface area (Å²) in [6.07, 6.45) is 2.33. The molecule has 0 spiro atoms. The average molecular weight is 304 g/mol. The molecule has 3 aromatic carbocycles. The zero-order valence-electron chi connectivity index (χ0n) is 12.0. The molecule has 0 amide bonds. The highest BCUT2D eigenvalue weighted by Gasteiger charge is 2.17. The standard InChI is InChI=1S/C20H14ClN/c21-16-8-6-12(7-9-16)18-11-15-10-14-5-4-13-2-1-3-17(19(13)14)20(15)22-18/h1-3,6-11,22H,4-5H2. The predicted octanol–water partition coefficient (Wildman–Crippen LogP) is 5.74. The van der Waals surface area contributed by atoms with Crippen LogP contribution in [0.15, 0.2) is 54.6 Å². The van der Waals surface area contributed by atoms with Crippen LogP contribution in [0.3, 0.4) is 0 Å². The molecule has 1 aromatic heterocycles. The minimum atomic E-state index is 0.770. The summed E-state index contributed by atoms with van der Waals surface area (Å²) in [6.45, 7) is 0. The lowest BCUT2D eigenvalue weighted by Crippen LogP contribution is -1.81. The monoisotopic (exact) mass is 303 g/mol. The number of hydrogen-bond acceptors (Lipinski definition) is 0. The second-order valence-corrected chi connectivity index (χ2v) is 6.47. The lowest BCUT2D eigenvalue weighted by molar-refractivity contribution is 1.03. The molecule has 1 heterocycles. The molecule has 0 unspecified atom stereocenters. The molecule has 5 rings (SSSR count). The summed E-state index contributed by atoms with van der Waals surface area (Å²) in [5.41, 5.74) is 6.53. The van der Waals surface area contributed by atoms with Gasteiger partial charge < -0.3 is 4.98 Å². The van der Waals surface area contributed by atoms with Crippen molar-refractivity contribution in [2.45, 2.75) is 12.8 Å². The zero-order chi connectivity index (χ0) is 14.7. The Bertz CT molecular complexity index is 1030. The molecule has 2 heteroatoms. The number of nitrogens with one attached hydrogen (secondary N) is 1. The Morgan fingerprint density at radius 3 is 2.55 bits per heavy atom. The van der Waals surface area contributed by atoms with E-state index in [9.17, 15) is 0 Å². The van der Waals surface area contributed by atoms with Gasteiger partial charge in [-0.2, -0.15) is 0 Å². The van der Waals surface area contributed by atoms with Gasteiger partial charge >= 0.3 is 0 Å².